The summed E-state index contributed by atoms with van der Waals surface area (Å²) in [5.74, 6) is 3.82. The maximum absolute atomic E-state index is 12.8. The van der Waals surface area contributed by atoms with E-state index in [1.165, 1.54) is 9.13 Å². The third-order valence-electron chi connectivity index (χ3n) is 4.22. The van der Waals surface area contributed by atoms with Gasteiger partial charge in [0.05, 0.1) is 30.7 Å². The van der Waals surface area contributed by atoms with Gasteiger partial charge in [-0.3, -0.25) is 4.79 Å². The third-order valence-corrected chi connectivity index (χ3v) is 8.38. The van der Waals surface area contributed by atoms with Crippen molar-refractivity contribution < 1.29 is 14.3 Å². The maximum atomic E-state index is 12.8. The zero-order chi connectivity index (χ0) is 18.5. The minimum Gasteiger partial charge on any atom is -0.496 e. The molecule has 136 valence electrons. The number of benzene rings is 2. The molecule has 1 saturated heterocycles. The van der Waals surface area contributed by atoms with Crippen molar-refractivity contribution in [2.24, 2.45) is 0 Å². The molecular formula is C21H23O3S2+. The zero-order valence-electron chi connectivity index (χ0n) is 15.3. The molecule has 0 N–H and O–H groups in total. The first kappa shape index (κ1) is 18.9. The molecule has 0 saturated carbocycles. The van der Waals surface area contributed by atoms with Crippen LogP contribution < -0.4 is 9.47 Å². The topological polar surface area (TPSA) is 35.5 Å². The molecule has 1 unspecified atom stereocenters. The van der Waals surface area contributed by atoms with Crippen LogP contribution in [0.5, 0.6) is 11.5 Å². The number of carbonyl (C=O) groups is 1. The zero-order valence-corrected chi connectivity index (χ0v) is 16.9. The highest BCUT2D eigenvalue weighted by molar-refractivity contribution is 8.24. The Kier molecular flexibility index (Phi) is 6.33. The minimum atomic E-state index is -0.143. The fourth-order valence-electron chi connectivity index (χ4n) is 2.90. The van der Waals surface area contributed by atoms with Crippen LogP contribution in [0, 0.1) is 0 Å². The highest BCUT2D eigenvalue weighted by atomic mass is 32.2. The van der Waals surface area contributed by atoms with Gasteiger partial charge >= 0.3 is 0 Å². The van der Waals surface area contributed by atoms with Gasteiger partial charge in [0.25, 0.3) is 0 Å². The summed E-state index contributed by atoms with van der Waals surface area (Å²) < 4.78 is 12.1. The largest absolute Gasteiger partial charge is 0.496 e. The SMILES string of the molecule is CCC(=O)/C(=C1\SCC[S+]1c1cc(OC)cc(OC)c1)c1ccccc1. The van der Waals surface area contributed by atoms with E-state index in [9.17, 15) is 4.79 Å². The lowest BCUT2D eigenvalue weighted by atomic mass is 10.0. The number of methoxy groups -OCH3 is 2. The van der Waals surface area contributed by atoms with E-state index < -0.39 is 0 Å². The second kappa shape index (κ2) is 8.69. The number of carbonyl (C=O) groups excluding carboxylic acids is 1. The summed E-state index contributed by atoms with van der Waals surface area (Å²) in [6, 6.07) is 16.0. The average molecular weight is 388 g/mol. The molecule has 1 aliphatic rings. The Balaban J connectivity index is 2.13. The summed E-state index contributed by atoms with van der Waals surface area (Å²) in [5.41, 5.74) is 1.89. The molecule has 1 aliphatic heterocycles. The standard InChI is InChI=1S/C21H23O3S2/c1-4-19(22)20(15-8-6-5-7-9-15)21-25-10-11-26(21)18-13-16(23-2)12-17(14-18)24-3/h5-9,12-14H,4,10-11H2,1-3H3/q+1/b21-20+. The lowest BCUT2D eigenvalue weighted by Crippen LogP contribution is -2.10. The lowest BCUT2D eigenvalue weighted by Gasteiger charge is -2.11. The minimum absolute atomic E-state index is 0.143. The average Bonchev–Trinajstić information content (AvgIpc) is 3.17. The van der Waals surface area contributed by atoms with Gasteiger partial charge < -0.3 is 9.47 Å². The molecule has 5 heteroatoms. The number of allylic oxidation sites excluding steroid dienone is 1. The van der Waals surface area contributed by atoms with Crippen LogP contribution in [-0.4, -0.2) is 31.5 Å². The first-order valence-electron chi connectivity index (χ1n) is 8.57. The Morgan fingerprint density at radius 2 is 1.73 bits per heavy atom. The number of hydrogen-bond donors (Lipinski definition) is 0. The molecule has 2 aromatic carbocycles. The van der Waals surface area contributed by atoms with Crippen LogP contribution in [0.3, 0.4) is 0 Å². The first-order valence-corrected chi connectivity index (χ1v) is 11.0. The summed E-state index contributed by atoms with van der Waals surface area (Å²) >= 11 is 1.81. The molecule has 26 heavy (non-hydrogen) atoms. The molecule has 3 rings (SSSR count). The van der Waals surface area contributed by atoms with E-state index in [0.29, 0.717) is 6.42 Å². The lowest BCUT2D eigenvalue weighted by molar-refractivity contribution is -0.113. The Morgan fingerprint density at radius 1 is 1.08 bits per heavy atom. The number of ether oxygens (including phenoxy) is 2. The van der Waals surface area contributed by atoms with Crippen molar-refractivity contribution in [3.63, 3.8) is 0 Å². The van der Waals surface area contributed by atoms with Gasteiger partial charge in [0.2, 0.25) is 4.24 Å². The predicted molar refractivity (Wildman–Crippen MR) is 111 cm³/mol. The Bertz CT molecular complexity index is 793. The number of rotatable bonds is 6. The van der Waals surface area contributed by atoms with Gasteiger partial charge in [0, 0.05) is 30.4 Å². The fourth-order valence-corrected chi connectivity index (χ4v) is 7.45. The summed E-state index contributed by atoms with van der Waals surface area (Å²) in [6.07, 6.45) is 0.507. The van der Waals surface area contributed by atoms with Crippen molar-refractivity contribution in [1.82, 2.24) is 0 Å². The van der Waals surface area contributed by atoms with Gasteiger partial charge in [-0.2, -0.15) is 0 Å². The normalized spacial score (nSPS) is 18.5. The van der Waals surface area contributed by atoms with Crippen molar-refractivity contribution in [1.29, 1.82) is 0 Å². The van der Waals surface area contributed by atoms with Gasteiger partial charge in [-0.15, -0.1) is 0 Å². The Labute approximate surface area is 162 Å². The smallest absolute Gasteiger partial charge is 0.205 e. The second-order valence-corrected chi connectivity index (χ2v) is 9.23. The Hall–Kier alpha value is -1.85. The van der Waals surface area contributed by atoms with Crippen molar-refractivity contribution in [3.05, 3.63) is 58.3 Å². The predicted octanol–water partition coefficient (Wildman–Crippen LogP) is 4.78. The third kappa shape index (κ3) is 3.94. The van der Waals surface area contributed by atoms with Crippen molar-refractivity contribution in [2.45, 2.75) is 18.2 Å². The quantitative estimate of drug-likeness (QED) is 0.528. The van der Waals surface area contributed by atoms with Crippen LogP contribution in [0.4, 0.5) is 0 Å². The van der Waals surface area contributed by atoms with Gasteiger partial charge in [-0.05, 0) is 5.56 Å². The Morgan fingerprint density at radius 3 is 2.31 bits per heavy atom. The van der Waals surface area contributed by atoms with Gasteiger partial charge in [-0.25, -0.2) is 0 Å². The summed E-state index contributed by atoms with van der Waals surface area (Å²) in [4.78, 5) is 14.0. The number of Topliss-reactive ketones (excluding diaryl/α,β-unsaturated/α-hetero) is 1. The van der Waals surface area contributed by atoms with Gasteiger partial charge in [-0.1, -0.05) is 49.0 Å². The molecule has 1 heterocycles. The number of thioether (sulfide) groups is 1. The van der Waals surface area contributed by atoms with Crippen LogP contribution in [0.15, 0.2) is 57.7 Å². The summed E-state index contributed by atoms with van der Waals surface area (Å²) in [7, 11) is 3.19. The van der Waals surface area contributed by atoms with E-state index >= 15 is 0 Å². The van der Waals surface area contributed by atoms with Crippen LogP contribution in [-0.2, 0) is 15.7 Å². The fraction of sp³-hybridized carbons (Fsp3) is 0.286. The molecule has 0 aromatic heterocycles. The number of ketones is 1. The molecule has 0 bridgehead atoms. The molecule has 1 fully saturated rings. The summed E-state index contributed by atoms with van der Waals surface area (Å²) in [5, 5.41) is 0. The number of hydrogen-bond acceptors (Lipinski definition) is 4. The van der Waals surface area contributed by atoms with Crippen LogP contribution >= 0.6 is 11.8 Å². The van der Waals surface area contributed by atoms with Gasteiger partial charge in [0.15, 0.2) is 10.7 Å². The van der Waals surface area contributed by atoms with E-state index in [1.807, 2.05) is 55.1 Å². The highest BCUT2D eigenvalue weighted by Crippen LogP contribution is 2.44. The van der Waals surface area contributed by atoms with E-state index in [4.69, 9.17) is 9.47 Å². The molecule has 0 spiro atoms. The van der Waals surface area contributed by atoms with E-state index in [1.54, 1.807) is 14.2 Å². The molecule has 3 nitrogen and oxygen atoms in total. The molecule has 0 radical (unpaired) electrons. The van der Waals surface area contributed by atoms with Crippen LogP contribution in [0.1, 0.15) is 18.9 Å². The maximum Gasteiger partial charge on any atom is 0.205 e. The van der Waals surface area contributed by atoms with Crippen molar-refractivity contribution in [3.8, 4) is 11.5 Å². The van der Waals surface area contributed by atoms with Crippen LogP contribution in [0.2, 0.25) is 0 Å². The van der Waals surface area contributed by atoms with Crippen molar-refractivity contribution in [2.75, 3.05) is 25.7 Å². The second-order valence-electron chi connectivity index (χ2n) is 5.80. The van der Waals surface area contributed by atoms with Crippen LogP contribution in [0.25, 0.3) is 5.57 Å². The molecule has 0 aliphatic carbocycles. The van der Waals surface area contributed by atoms with Gasteiger partial charge in [0.1, 0.15) is 17.3 Å². The monoisotopic (exact) mass is 387 g/mol. The molecule has 0 amide bonds. The molecule has 2 aromatic rings. The van der Waals surface area contributed by atoms with E-state index in [-0.39, 0.29) is 16.7 Å². The van der Waals surface area contributed by atoms with E-state index in [2.05, 4.69) is 12.1 Å². The molecular weight excluding hydrogens is 364 g/mol. The molecule has 1 atom stereocenters. The summed E-state index contributed by atoms with van der Waals surface area (Å²) in [6.45, 7) is 1.93. The first-order chi connectivity index (χ1) is 12.7. The highest BCUT2D eigenvalue weighted by Gasteiger charge is 2.39. The van der Waals surface area contributed by atoms with Crippen molar-refractivity contribution >= 4 is 34.0 Å². The van der Waals surface area contributed by atoms with E-state index in [0.717, 1.165) is 34.1 Å².